The number of carboxylic acid groups (broad SMARTS) is 1. The summed E-state index contributed by atoms with van der Waals surface area (Å²) in [6.07, 6.45) is 0. The van der Waals surface area contributed by atoms with E-state index in [9.17, 15) is 9.59 Å². The average molecular weight is 286 g/mol. The zero-order chi connectivity index (χ0) is 15.6. The van der Waals surface area contributed by atoms with Crippen LogP contribution in [0, 0.1) is 13.8 Å². The Labute approximate surface area is 122 Å². The molecule has 1 atom stereocenters. The molecule has 1 heterocycles. The fraction of sp³-hybridized carbons (Fsp3) is 0.312. The molecule has 0 saturated carbocycles. The highest BCUT2D eigenvalue weighted by molar-refractivity contribution is 5.75. The zero-order valence-electron chi connectivity index (χ0n) is 12.3. The molecule has 1 N–H and O–H groups in total. The van der Waals surface area contributed by atoms with Crippen molar-refractivity contribution < 1.29 is 9.90 Å². The van der Waals surface area contributed by atoms with Gasteiger partial charge in [-0.1, -0.05) is 24.3 Å². The minimum atomic E-state index is -0.849. The Hall–Kier alpha value is -2.43. The van der Waals surface area contributed by atoms with E-state index >= 15 is 0 Å². The van der Waals surface area contributed by atoms with Crippen LogP contribution in [0.25, 0.3) is 0 Å². The van der Waals surface area contributed by atoms with Gasteiger partial charge in [0.1, 0.15) is 0 Å². The first kappa shape index (κ1) is 15.0. The Morgan fingerprint density at radius 2 is 1.90 bits per heavy atom. The predicted molar refractivity (Wildman–Crippen MR) is 79.6 cm³/mol. The van der Waals surface area contributed by atoms with Crippen molar-refractivity contribution in [2.24, 2.45) is 0 Å². The molecule has 0 aliphatic carbocycles. The van der Waals surface area contributed by atoms with Crippen LogP contribution in [0.1, 0.15) is 35.4 Å². The molecule has 0 spiro atoms. The lowest BCUT2D eigenvalue weighted by molar-refractivity contribution is -0.138. The first-order valence-corrected chi connectivity index (χ1v) is 6.75. The van der Waals surface area contributed by atoms with E-state index in [1.165, 1.54) is 0 Å². The first-order chi connectivity index (χ1) is 9.88. The second-order valence-electron chi connectivity index (χ2n) is 5.21. The number of carboxylic acids is 1. The number of hydrogen-bond acceptors (Lipinski definition) is 3. The van der Waals surface area contributed by atoms with Gasteiger partial charge in [0.05, 0.1) is 12.5 Å². The Bertz CT molecular complexity index is 717. The number of aryl methyl sites for hydroxylation is 2. The number of rotatable bonds is 4. The molecule has 2 rings (SSSR count). The number of carbonyl (C=O) groups is 1. The molecule has 0 radical (unpaired) electrons. The summed E-state index contributed by atoms with van der Waals surface area (Å²) in [6.45, 7) is 5.74. The monoisotopic (exact) mass is 286 g/mol. The Morgan fingerprint density at radius 1 is 1.29 bits per heavy atom. The minimum Gasteiger partial charge on any atom is -0.481 e. The third-order valence-electron chi connectivity index (χ3n) is 3.54. The van der Waals surface area contributed by atoms with Crippen molar-refractivity contribution >= 4 is 5.97 Å². The van der Waals surface area contributed by atoms with Crippen LogP contribution in [0.3, 0.4) is 0 Å². The molecule has 110 valence electrons. The van der Waals surface area contributed by atoms with Crippen LogP contribution in [0.2, 0.25) is 0 Å². The van der Waals surface area contributed by atoms with Crippen molar-refractivity contribution in [3.05, 3.63) is 63.3 Å². The van der Waals surface area contributed by atoms with E-state index in [4.69, 9.17) is 5.11 Å². The zero-order valence-corrected chi connectivity index (χ0v) is 12.3. The molecule has 1 aromatic carbocycles. The summed E-state index contributed by atoms with van der Waals surface area (Å²) in [5.74, 6) is -1.39. The highest BCUT2D eigenvalue weighted by Crippen LogP contribution is 2.16. The molecule has 0 aliphatic heterocycles. The van der Waals surface area contributed by atoms with Gasteiger partial charge < -0.3 is 5.11 Å². The fourth-order valence-electron chi connectivity index (χ4n) is 2.20. The van der Waals surface area contributed by atoms with Crippen molar-refractivity contribution in [2.45, 2.75) is 33.2 Å². The van der Waals surface area contributed by atoms with Gasteiger partial charge in [-0.3, -0.25) is 9.36 Å². The summed E-state index contributed by atoms with van der Waals surface area (Å²) in [7, 11) is 0. The lowest BCUT2D eigenvalue weighted by Gasteiger charge is -2.11. The highest BCUT2D eigenvalue weighted by Gasteiger charge is 2.13. The lowest BCUT2D eigenvalue weighted by atomic mass is 10.00. The van der Waals surface area contributed by atoms with Crippen LogP contribution >= 0.6 is 0 Å². The third-order valence-corrected chi connectivity index (χ3v) is 3.54. The highest BCUT2D eigenvalue weighted by atomic mass is 16.4. The number of hydrogen-bond donors (Lipinski definition) is 1. The van der Waals surface area contributed by atoms with Crippen molar-refractivity contribution in [1.29, 1.82) is 0 Å². The van der Waals surface area contributed by atoms with Crippen LogP contribution in [0.4, 0.5) is 0 Å². The molecule has 0 saturated heterocycles. The fourth-order valence-corrected chi connectivity index (χ4v) is 2.20. The molecule has 0 bridgehead atoms. The molecular weight excluding hydrogens is 268 g/mol. The van der Waals surface area contributed by atoms with Crippen molar-refractivity contribution in [3.63, 3.8) is 0 Å². The minimum absolute atomic E-state index is 0.268. The van der Waals surface area contributed by atoms with Crippen molar-refractivity contribution in [3.8, 4) is 0 Å². The molecule has 1 aromatic heterocycles. The van der Waals surface area contributed by atoms with E-state index in [1.807, 2.05) is 25.1 Å². The second-order valence-corrected chi connectivity index (χ2v) is 5.21. The van der Waals surface area contributed by atoms with Crippen LogP contribution < -0.4 is 5.69 Å². The summed E-state index contributed by atoms with van der Waals surface area (Å²) >= 11 is 0. The SMILES string of the molecule is Cc1cc(C)n(Cc2ccc(C(C)C(=O)O)cc2)c(=O)n1. The Morgan fingerprint density at radius 3 is 2.43 bits per heavy atom. The van der Waals surface area contributed by atoms with Gasteiger partial charge in [-0.05, 0) is 38.0 Å². The van der Waals surface area contributed by atoms with Crippen LogP contribution in [0.15, 0.2) is 35.1 Å². The smallest absolute Gasteiger partial charge is 0.348 e. The van der Waals surface area contributed by atoms with Gasteiger partial charge in [-0.2, -0.15) is 4.98 Å². The third kappa shape index (κ3) is 3.37. The maximum absolute atomic E-state index is 11.9. The van der Waals surface area contributed by atoms with E-state index in [2.05, 4.69) is 4.98 Å². The molecular formula is C16H18N2O3. The van der Waals surface area contributed by atoms with E-state index < -0.39 is 11.9 Å². The molecule has 5 heteroatoms. The molecule has 21 heavy (non-hydrogen) atoms. The van der Waals surface area contributed by atoms with Gasteiger partial charge in [0.25, 0.3) is 0 Å². The molecule has 0 fully saturated rings. The van der Waals surface area contributed by atoms with Gasteiger partial charge in [0.2, 0.25) is 0 Å². The molecule has 5 nitrogen and oxygen atoms in total. The predicted octanol–water partition coefficient (Wildman–Crippen LogP) is 2.10. The van der Waals surface area contributed by atoms with Gasteiger partial charge in [0.15, 0.2) is 0 Å². The van der Waals surface area contributed by atoms with E-state index in [0.29, 0.717) is 12.2 Å². The Kier molecular flexibility index (Phi) is 4.21. The van der Waals surface area contributed by atoms with E-state index in [0.717, 1.165) is 16.8 Å². The summed E-state index contributed by atoms with van der Waals surface area (Å²) in [5.41, 5.74) is 2.98. The second kappa shape index (κ2) is 5.91. The first-order valence-electron chi connectivity index (χ1n) is 6.75. The maximum Gasteiger partial charge on any atom is 0.348 e. The summed E-state index contributed by atoms with van der Waals surface area (Å²) in [6, 6.07) is 9.13. The van der Waals surface area contributed by atoms with Gasteiger partial charge in [-0.25, -0.2) is 4.79 Å². The van der Waals surface area contributed by atoms with Crippen molar-refractivity contribution in [2.75, 3.05) is 0 Å². The van der Waals surface area contributed by atoms with Crippen LogP contribution in [-0.2, 0) is 11.3 Å². The number of nitrogens with zero attached hydrogens (tertiary/aromatic N) is 2. The maximum atomic E-state index is 11.9. The lowest BCUT2D eigenvalue weighted by Crippen LogP contribution is -2.26. The van der Waals surface area contributed by atoms with Crippen LogP contribution in [-0.4, -0.2) is 20.6 Å². The van der Waals surface area contributed by atoms with E-state index in [-0.39, 0.29) is 5.69 Å². The Balaban J connectivity index is 2.26. The van der Waals surface area contributed by atoms with Gasteiger partial charge in [0, 0.05) is 11.4 Å². The number of benzene rings is 1. The molecule has 0 amide bonds. The quantitative estimate of drug-likeness (QED) is 0.934. The van der Waals surface area contributed by atoms with E-state index in [1.54, 1.807) is 30.5 Å². The summed E-state index contributed by atoms with van der Waals surface area (Å²) in [4.78, 5) is 26.8. The average Bonchev–Trinajstić information content (AvgIpc) is 2.42. The summed E-state index contributed by atoms with van der Waals surface area (Å²) in [5, 5.41) is 8.98. The molecule has 0 aliphatic rings. The normalized spacial score (nSPS) is 12.1. The number of aromatic nitrogens is 2. The van der Waals surface area contributed by atoms with Crippen molar-refractivity contribution in [1.82, 2.24) is 9.55 Å². The van der Waals surface area contributed by atoms with Crippen LogP contribution in [0.5, 0.6) is 0 Å². The van der Waals surface area contributed by atoms with Gasteiger partial charge >= 0.3 is 11.7 Å². The molecule has 1 unspecified atom stereocenters. The van der Waals surface area contributed by atoms with Gasteiger partial charge in [-0.15, -0.1) is 0 Å². The largest absolute Gasteiger partial charge is 0.481 e. The number of aliphatic carboxylic acids is 1. The standard InChI is InChI=1S/C16H18N2O3/c1-10-8-11(2)18(16(21)17-10)9-13-4-6-14(7-5-13)12(3)15(19)20/h4-8,12H,9H2,1-3H3,(H,19,20). The summed E-state index contributed by atoms with van der Waals surface area (Å²) < 4.78 is 1.60. The topological polar surface area (TPSA) is 72.2 Å². The molecule has 2 aromatic rings.